The topological polar surface area (TPSA) is 35.5 Å². The van der Waals surface area contributed by atoms with Gasteiger partial charge in [0.15, 0.2) is 0 Å². The molecule has 0 radical (unpaired) electrons. The van der Waals surface area contributed by atoms with Crippen molar-refractivity contribution in [2.75, 3.05) is 13.2 Å². The molecule has 0 spiro atoms. The molecule has 3 aromatic carbocycles. The van der Waals surface area contributed by atoms with E-state index in [1.807, 2.05) is 66.7 Å². The summed E-state index contributed by atoms with van der Waals surface area (Å²) in [5, 5.41) is 0. The van der Waals surface area contributed by atoms with Crippen molar-refractivity contribution in [3.63, 3.8) is 0 Å². The minimum absolute atomic E-state index is 0.271. The van der Waals surface area contributed by atoms with Crippen molar-refractivity contribution >= 4 is 5.97 Å². The van der Waals surface area contributed by atoms with Gasteiger partial charge in [0.25, 0.3) is 0 Å². The van der Waals surface area contributed by atoms with Crippen molar-refractivity contribution in [2.24, 2.45) is 0 Å². The second-order valence-corrected chi connectivity index (χ2v) is 10.6. The maximum absolute atomic E-state index is 12.4. The van der Waals surface area contributed by atoms with Gasteiger partial charge in [0.1, 0.15) is 5.75 Å². The summed E-state index contributed by atoms with van der Waals surface area (Å²) < 4.78 is 11.3. The Kier molecular flexibility index (Phi) is 16.2. The van der Waals surface area contributed by atoms with E-state index in [0.29, 0.717) is 12.2 Å². The Bertz CT molecular complexity index is 1270. The average Bonchev–Trinajstić information content (AvgIpc) is 3.03. The lowest BCUT2D eigenvalue weighted by Crippen LogP contribution is -2.06. The second-order valence-electron chi connectivity index (χ2n) is 10.6. The summed E-state index contributed by atoms with van der Waals surface area (Å²) in [6, 6.07) is 25.4. The number of unbranched alkanes of at least 4 members (excludes halogenated alkanes) is 11. The highest BCUT2D eigenvalue weighted by atomic mass is 16.5. The highest BCUT2D eigenvalue weighted by Crippen LogP contribution is 2.14. The summed E-state index contributed by atoms with van der Waals surface area (Å²) >= 11 is 0. The molecule has 0 aliphatic heterocycles. The monoisotopic (exact) mass is 562 g/mol. The van der Waals surface area contributed by atoms with Gasteiger partial charge in [0.2, 0.25) is 0 Å². The van der Waals surface area contributed by atoms with E-state index in [4.69, 9.17) is 9.47 Å². The largest absolute Gasteiger partial charge is 0.494 e. The molecule has 42 heavy (non-hydrogen) atoms. The molecule has 0 amide bonds. The number of carbonyl (C=O) groups is 1. The second kappa shape index (κ2) is 20.9. The Morgan fingerprint density at radius 2 is 1.12 bits per heavy atom. The molecule has 3 aromatic rings. The predicted molar refractivity (Wildman–Crippen MR) is 174 cm³/mol. The Morgan fingerprint density at radius 1 is 0.571 bits per heavy atom. The summed E-state index contributed by atoms with van der Waals surface area (Å²) in [4.78, 5) is 12.4. The first-order valence-corrected chi connectivity index (χ1v) is 15.8. The number of benzene rings is 3. The van der Waals surface area contributed by atoms with Crippen LogP contribution in [0, 0.1) is 23.7 Å². The quantitative estimate of drug-likeness (QED) is 0.0933. The molecule has 3 heteroatoms. The highest BCUT2D eigenvalue weighted by molar-refractivity contribution is 5.89. The van der Waals surface area contributed by atoms with Crippen LogP contribution in [0.1, 0.15) is 117 Å². The fourth-order valence-electron chi connectivity index (χ4n) is 4.50. The maximum Gasteiger partial charge on any atom is 0.338 e. The third-order valence-electron chi connectivity index (χ3n) is 7.03. The van der Waals surface area contributed by atoms with Crippen LogP contribution in [0.2, 0.25) is 0 Å². The van der Waals surface area contributed by atoms with Crippen LogP contribution in [0.3, 0.4) is 0 Å². The Balaban J connectivity index is 1.23. The lowest BCUT2D eigenvalue weighted by Gasteiger charge is -2.06. The van der Waals surface area contributed by atoms with Crippen LogP contribution in [0.4, 0.5) is 0 Å². The molecule has 0 bridgehead atoms. The number of hydrogen-bond donors (Lipinski definition) is 0. The van der Waals surface area contributed by atoms with Crippen LogP contribution < -0.4 is 4.74 Å². The molecule has 0 N–H and O–H groups in total. The van der Waals surface area contributed by atoms with Crippen molar-refractivity contribution in [2.45, 2.75) is 90.4 Å². The molecule has 0 saturated carbocycles. The smallest absolute Gasteiger partial charge is 0.338 e. The average molecular weight is 563 g/mol. The van der Waals surface area contributed by atoms with Gasteiger partial charge in [0, 0.05) is 23.1 Å². The Labute approximate surface area is 254 Å². The zero-order valence-corrected chi connectivity index (χ0v) is 25.3. The number of ether oxygens (including phenoxy) is 2. The van der Waals surface area contributed by atoms with Gasteiger partial charge in [-0.2, -0.15) is 0 Å². The first-order valence-electron chi connectivity index (χ1n) is 15.8. The summed E-state index contributed by atoms with van der Waals surface area (Å²) in [7, 11) is 0. The zero-order valence-electron chi connectivity index (χ0n) is 25.3. The summed E-state index contributed by atoms with van der Waals surface area (Å²) in [5.41, 5.74) is 3.45. The number of rotatable bonds is 17. The summed E-state index contributed by atoms with van der Waals surface area (Å²) in [6.07, 6.45) is 15.1. The fourth-order valence-corrected chi connectivity index (χ4v) is 4.50. The van der Waals surface area contributed by atoms with Crippen molar-refractivity contribution in [1.29, 1.82) is 0 Å². The fraction of sp³-hybridized carbons (Fsp3) is 0.410. The van der Waals surface area contributed by atoms with Crippen molar-refractivity contribution in [1.82, 2.24) is 0 Å². The molecule has 0 heterocycles. The first-order chi connectivity index (χ1) is 20.7. The molecular formula is C39H46O3. The molecule has 220 valence electrons. The van der Waals surface area contributed by atoms with Crippen LogP contribution >= 0.6 is 0 Å². The van der Waals surface area contributed by atoms with Gasteiger partial charge in [-0.05, 0) is 79.9 Å². The molecule has 3 rings (SSSR count). The number of esters is 1. The molecule has 0 atom stereocenters. The van der Waals surface area contributed by atoms with E-state index >= 15 is 0 Å². The molecule has 0 aromatic heterocycles. The lowest BCUT2D eigenvalue weighted by atomic mass is 10.1. The zero-order chi connectivity index (χ0) is 29.5. The van der Waals surface area contributed by atoms with E-state index in [9.17, 15) is 4.79 Å². The predicted octanol–water partition coefficient (Wildman–Crippen LogP) is 9.76. The first kappa shape index (κ1) is 32.6. The lowest BCUT2D eigenvalue weighted by molar-refractivity contribution is 0.0497. The third kappa shape index (κ3) is 14.1. The van der Waals surface area contributed by atoms with Gasteiger partial charge < -0.3 is 9.47 Å². The van der Waals surface area contributed by atoms with E-state index in [1.165, 1.54) is 51.4 Å². The molecule has 0 fully saturated rings. The minimum atomic E-state index is -0.271. The minimum Gasteiger partial charge on any atom is -0.494 e. The molecule has 0 unspecified atom stereocenters. The van der Waals surface area contributed by atoms with Crippen LogP contribution in [-0.2, 0) is 4.74 Å². The van der Waals surface area contributed by atoms with Crippen LogP contribution in [0.15, 0.2) is 78.9 Å². The molecule has 0 aliphatic carbocycles. The maximum atomic E-state index is 12.4. The molecular weight excluding hydrogens is 516 g/mol. The SMILES string of the molecule is CCCCCCCOc1ccc(C#Cc2ccc(C(=O)OCCCCCCCCCC#Cc3ccccc3)cc2)cc1. The van der Waals surface area contributed by atoms with Crippen LogP contribution in [-0.4, -0.2) is 19.2 Å². The molecule has 0 saturated heterocycles. The summed E-state index contributed by atoms with van der Waals surface area (Å²) in [6.45, 7) is 3.45. The van der Waals surface area contributed by atoms with Gasteiger partial charge in [-0.25, -0.2) is 4.79 Å². The Hall–Kier alpha value is -3.95. The van der Waals surface area contributed by atoms with E-state index in [0.717, 1.165) is 61.2 Å². The van der Waals surface area contributed by atoms with Gasteiger partial charge >= 0.3 is 5.97 Å². The van der Waals surface area contributed by atoms with Crippen molar-refractivity contribution < 1.29 is 14.3 Å². The van der Waals surface area contributed by atoms with E-state index in [-0.39, 0.29) is 5.97 Å². The van der Waals surface area contributed by atoms with Crippen LogP contribution in [0.25, 0.3) is 0 Å². The van der Waals surface area contributed by atoms with Gasteiger partial charge in [-0.1, -0.05) is 107 Å². The van der Waals surface area contributed by atoms with Gasteiger partial charge in [-0.15, -0.1) is 0 Å². The van der Waals surface area contributed by atoms with E-state index in [2.05, 4.69) is 30.6 Å². The highest BCUT2D eigenvalue weighted by Gasteiger charge is 2.06. The third-order valence-corrected chi connectivity index (χ3v) is 7.03. The van der Waals surface area contributed by atoms with Gasteiger partial charge in [-0.3, -0.25) is 0 Å². The van der Waals surface area contributed by atoms with Gasteiger partial charge in [0.05, 0.1) is 18.8 Å². The van der Waals surface area contributed by atoms with Crippen molar-refractivity contribution in [3.8, 4) is 29.4 Å². The molecule has 3 nitrogen and oxygen atoms in total. The number of carbonyl (C=O) groups excluding carboxylic acids is 1. The van der Waals surface area contributed by atoms with E-state index < -0.39 is 0 Å². The van der Waals surface area contributed by atoms with Crippen molar-refractivity contribution in [3.05, 3.63) is 101 Å². The normalized spacial score (nSPS) is 10.2. The standard InChI is InChI=1S/C39H46O3/c1-2-3-4-11-17-32-41-38-30-26-36(27-31-38)23-22-35-24-28-37(29-25-35)39(40)42-33-18-12-9-7-5-6-8-10-14-19-34-20-15-13-16-21-34/h13,15-16,20-21,24-31H,2-12,17-18,32-33H2,1H3. The number of hydrogen-bond acceptors (Lipinski definition) is 3. The van der Waals surface area contributed by atoms with Crippen LogP contribution in [0.5, 0.6) is 5.75 Å². The van der Waals surface area contributed by atoms with E-state index in [1.54, 1.807) is 12.1 Å². The molecule has 0 aliphatic rings. The Morgan fingerprint density at radius 3 is 1.79 bits per heavy atom. The summed E-state index contributed by atoms with van der Waals surface area (Å²) in [5.74, 6) is 13.4.